The molecule has 0 heterocycles. The molecule has 0 saturated heterocycles. The first kappa shape index (κ1) is 19.5. The van der Waals surface area contributed by atoms with Gasteiger partial charge in [-0.2, -0.15) is 0 Å². The van der Waals surface area contributed by atoms with Crippen LogP contribution in [0.2, 0.25) is 0 Å². The van der Waals surface area contributed by atoms with Crippen LogP contribution >= 0.6 is 0 Å². The molecule has 0 aliphatic heterocycles. The normalized spacial score (nSPS) is 11.5. The monoisotopic (exact) mass is 360 g/mol. The van der Waals surface area contributed by atoms with Crippen molar-refractivity contribution in [2.75, 3.05) is 33.6 Å². The second-order valence-corrected chi connectivity index (χ2v) is 6.06. The van der Waals surface area contributed by atoms with Gasteiger partial charge in [0.2, 0.25) is 0 Å². The highest BCUT2D eigenvalue weighted by Crippen LogP contribution is 2.28. The number of nitrogens with two attached hydrogens (primary N) is 1. The molecule has 0 bridgehead atoms. The zero-order chi connectivity index (χ0) is 19.1. The molecule has 2 aromatic rings. The van der Waals surface area contributed by atoms with Gasteiger partial charge in [-0.3, -0.25) is 0 Å². The third-order valence-electron chi connectivity index (χ3n) is 3.71. The molecular formula is C19H25FN4O2. The lowest BCUT2D eigenvalue weighted by Crippen LogP contribution is -2.23. The zero-order valence-corrected chi connectivity index (χ0v) is 15.5. The summed E-state index contributed by atoms with van der Waals surface area (Å²) < 4.78 is 24.6. The maximum Gasteiger partial charge on any atom is 0.193 e. The summed E-state index contributed by atoms with van der Waals surface area (Å²) in [6, 6.07) is 10.4. The van der Waals surface area contributed by atoms with Gasteiger partial charge in [0.25, 0.3) is 0 Å². The van der Waals surface area contributed by atoms with E-state index in [0.717, 1.165) is 5.56 Å². The first-order valence-electron chi connectivity index (χ1n) is 8.14. The molecular weight excluding hydrogens is 335 g/mol. The van der Waals surface area contributed by atoms with Crippen LogP contribution in [-0.4, -0.2) is 39.2 Å². The molecule has 6 nitrogen and oxygen atoms in total. The van der Waals surface area contributed by atoms with E-state index in [4.69, 9.17) is 15.2 Å². The van der Waals surface area contributed by atoms with Crippen molar-refractivity contribution in [3.05, 3.63) is 53.3 Å². The van der Waals surface area contributed by atoms with Crippen LogP contribution in [0.15, 0.2) is 41.4 Å². The van der Waals surface area contributed by atoms with Gasteiger partial charge in [0.15, 0.2) is 5.96 Å². The first-order chi connectivity index (χ1) is 12.4. The minimum Gasteiger partial charge on any atom is -0.497 e. The van der Waals surface area contributed by atoms with Crippen LogP contribution in [-0.2, 0) is 13.1 Å². The topological polar surface area (TPSA) is 72.1 Å². The highest BCUT2D eigenvalue weighted by atomic mass is 19.1. The summed E-state index contributed by atoms with van der Waals surface area (Å²) >= 11 is 0. The average molecular weight is 360 g/mol. The van der Waals surface area contributed by atoms with Crippen LogP contribution in [0.5, 0.6) is 11.5 Å². The van der Waals surface area contributed by atoms with E-state index in [-0.39, 0.29) is 18.3 Å². The highest BCUT2D eigenvalue weighted by molar-refractivity contribution is 5.94. The Labute approximate surface area is 153 Å². The van der Waals surface area contributed by atoms with E-state index in [1.165, 1.54) is 6.07 Å². The molecule has 26 heavy (non-hydrogen) atoms. The number of rotatable bonds is 7. The molecule has 0 aliphatic carbocycles. The van der Waals surface area contributed by atoms with Gasteiger partial charge >= 0.3 is 0 Å². The first-order valence-corrected chi connectivity index (χ1v) is 8.14. The summed E-state index contributed by atoms with van der Waals surface area (Å²) in [6.45, 7) is 0.818. The minimum absolute atomic E-state index is 0.203. The largest absolute Gasteiger partial charge is 0.497 e. The molecule has 0 radical (unpaired) electrons. The second-order valence-electron chi connectivity index (χ2n) is 6.06. The predicted octanol–water partition coefficient (Wildman–Crippen LogP) is 2.83. The Morgan fingerprint density at radius 1 is 1.15 bits per heavy atom. The molecule has 0 unspecified atom stereocenters. The van der Waals surface area contributed by atoms with Crippen molar-refractivity contribution in [1.82, 2.24) is 4.90 Å². The lowest BCUT2D eigenvalue weighted by molar-refractivity contribution is 0.392. The Morgan fingerprint density at radius 2 is 1.92 bits per heavy atom. The van der Waals surface area contributed by atoms with Gasteiger partial charge in [0.05, 0.1) is 26.5 Å². The van der Waals surface area contributed by atoms with E-state index in [9.17, 15) is 4.39 Å². The van der Waals surface area contributed by atoms with Gasteiger partial charge < -0.3 is 25.4 Å². The SMILES string of the molecule is COc1ccc(OC)c(NC(N)=NCc2ccc(CN(C)C)c(F)c2)c1. The molecule has 0 amide bonds. The predicted molar refractivity (Wildman–Crippen MR) is 102 cm³/mol. The standard InChI is InChI=1S/C19H25FN4O2/c1-24(2)12-14-6-5-13(9-16(14)20)11-22-19(21)23-17-10-15(25-3)7-8-18(17)26-4/h5-10H,11-12H2,1-4H3,(H3,21,22,23). The van der Waals surface area contributed by atoms with Gasteiger partial charge in [0, 0.05) is 18.2 Å². The molecule has 0 aromatic heterocycles. The van der Waals surface area contributed by atoms with Gasteiger partial charge in [0.1, 0.15) is 17.3 Å². The second kappa shape index (κ2) is 9.05. The van der Waals surface area contributed by atoms with E-state index >= 15 is 0 Å². The number of hydrogen-bond acceptors (Lipinski definition) is 4. The van der Waals surface area contributed by atoms with Crippen LogP contribution in [0.25, 0.3) is 0 Å². The van der Waals surface area contributed by atoms with E-state index in [1.807, 2.05) is 25.1 Å². The molecule has 3 N–H and O–H groups in total. The molecule has 0 saturated carbocycles. The quantitative estimate of drug-likeness (QED) is 0.587. The van der Waals surface area contributed by atoms with Crippen molar-refractivity contribution in [2.24, 2.45) is 10.7 Å². The van der Waals surface area contributed by atoms with Crippen LogP contribution in [0.3, 0.4) is 0 Å². The summed E-state index contributed by atoms with van der Waals surface area (Å²) in [7, 11) is 6.95. The zero-order valence-electron chi connectivity index (χ0n) is 15.5. The van der Waals surface area contributed by atoms with E-state index in [2.05, 4.69) is 10.3 Å². The fraction of sp³-hybridized carbons (Fsp3) is 0.316. The minimum atomic E-state index is -0.243. The number of aliphatic imine (C=N–C) groups is 1. The molecule has 140 valence electrons. The van der Waals surface area contributed by atoms with E-state index < -0.39 is 0 Å². The summed E-state index contributed by atoms with van der Waals surface area (Å²) in [6.07, 6.45) is 0. The fourth-order valence-corrected chi connectivity index (χ4v) is 2.42. The summed E-state index contributed by atoms with van der Waals surface area (Å²) in [5, 5.41) is 2.98. The smallest absolute Gasteiger partial charge is 0.193 e. The summed E-state index contributed by atoms with van der Waals surface area (Å²) in [5.41, 5.74) is 7.98. The van der Waals surface area contributed by atoms with Gasteiger partial charge in [-0.15, -0.1) is 0 Å². The number of halogens is 1. The molecule has 0 aliphatic rings. The number of ether oxygens (including phenoxy) is 2. The molecule has 2 aromatic carbocycles. The highest BCUT2D eigenvalue weighted by Gasteiger charge is 2.07. The Hall–Kier alpha value is -2.80. The third-order valence-corrected chi connectivity index (χ3v) is 3.71. The van der Waals surface area contributed by atoms with Gasteiger partial charge in [-0.05, 0) is 37.9 Å². The number of guanidine groups is 1. The number of hydrogen-bond donors (Lipinski definition) is 2. The molecule has 0 atom stereocenters. The van der Waals surface area contributed by atoms with Crippen molar-refractivity contribution in [3.8, 4) is 11.5 Å². The number of benzene rings is 2. The lowest BCUT2D eigenvalue weighted by atomic mass is 10.1. The number of nitrogens with zero attached hydrogens (tertiary/aromatic N) is 2. The maximum atomic E-state index is 14.1. The molecule has 0 fully saturated rings. The van der Waals surface area contributed by atoms with Crippen molar-refractivity contribution >= 4 is 11.6 Å². The van der Waals surface area contributed by atoms with Crippen LogP contribution < -0.4 is 20.5 Å². The Kier molecular flexibility index (Phi) is 6.80. The van der Waals surface area contributed by atoms with Crippen molar-refractivity contribution in [3.63, 3.8) is 0 Å². The summed E-state index contributed by atoms with van der Waals surface area (Å²) in [5.74, 6) is 1.24. The Balaban J connectivity index is 2.08. The Morgan fingerprint density at radius 3 is 2.54 bits per heavy atom. The van der Waals surface area contributed by atoms with Crippen LogP contribution in [0.1, 0.15) is 11.1 Å². The third kappa shape index (κ3) is 5.35. The maximum absolute atomic E-state index is 14.1. The van der Waals surface area contributed by atoms with Crippen LogP contribution in [0, 0.1) is 5.82 Å². The molecule has 2 rings (SSSR count). The lowest BCUT2D eigenvalue weighted by Gasteiger charge is -2.12. The van der Waals surface area contributed by atoms with Crippen LogP contribution in [0.4, 0.5) is 10.1 Å². The number of nitrogens with one attached hydrogen (secondary N) is 1. The molecule has 7 heteroatoms. The number of anilines is 1. The van der Waals surface area contributed by atoms with Gasteiger partial charge in [-0.1, -0.05) is 12.1 Å². The van der Waals surface area contributed by atoms with Crippen molar-refractivity contribution in [1.29, 1.82) is 0 Å². The van der Waals surface area contributed by atoms with Crippen molar-refractivity contribution in [2.45, 2.75) is 13.1 Å². The molecule has 0 spiro atoms. The van der Waals surface area contributed by atoms with Gasteiger partial charge in [-0.25, -0.2) is 9.38 Å². The van der Waals surface area contributed by atoms with Crippen molar-refractivity contribution < 1.29 is 13.9 Å². The fourth-order valence-electron chi connectivity index (χ4n) is 2.42. The average Bonchev–Trinajstić information content (AvgIpc) is 2.61. The Bertz CT molecular complexity index is 778. The number of methoxy groups -OCH3 is 2. The summed E-state index contributed by atoms with van der Waals surface area (Å²) in [4.78, 5) is 6.18. The van der Waals surface area contributed by atoms with E-state index in [1.54, 1.807) is 38.5 Å². The van der Waals surface area contributed by atoms with E-state index in [0.29, 0.717) is 29.3 Å².